The molecule has 0 aromatic heterocycles. The van der Waals surface area contributed by atoms with Gasteiger partial charge in [0.25, 0.3) is 0 Å². The summed E-state index contributed by atoms with van der Waals surface area (Å²) in [6, 6.07) is -0.821. The van der Waals surface area contributed by atoms with Crippen molar-refractivity contribution in [3.05, 3.63) is 0 Å². The SMILES string of the molecule is CSCC[C@H](NC(=O)CCl)C(=O)O. The fraction of sp³-hybridized carbons (Fsp3) is 0.714. The van der Waals surface area contributed by atoms with Crippen molar-refractivity contribution in [2.45, 2.75) is 12.5 Å². The molecule has 0 aliphatic rings. The van der Waals surface area contributed by atoms with E-state index in [2.05, 4.69) is 5.32 Å². The first-order valence-corrected chi connectivity index (χ1v) is 5.61. The van der Waals surface area contributed by atoms with Gasteiger partial charge in [-0.1, -0.05) is 0 Å². The molecule has 0 heterocycles. The van der Waals surface area contributed by atoms with Crippen LogP contribution in [0, 0.1) is 0 Å². The van der Waals surface area contributed by atoms with E-state index in [4.69, 9.17) is 16.7 Å². The van der Waals surface area contributed by atoms with E-state index in [1.54, 1.807) is 0 Å². The summed E-state index contributed by atoms with van der Waals surface area (Å²) in [6.45, 7) is 0. The maximum Gasteiger partial charge on any atom is 0.326 e. The Morgan fingerprint density at radius 2 is 2.23 bits per heavy atom. The monoisotopic (exact) mass is 225 g/mol. The number of carboxylic acids is 1. The van der Waals surface area contributed by atoms with Crippen molar-refractivity contribution in [1.82, 2.24) is 5.32 Å². The first-order chi connectivity index (χ1) is 6.11. The second-order valence-corrected chi connectivity index (χ2v) is 3.63. The van der Waals surface area contributed by atoms with Crippen molar-refractivity contribution < 1.29 is 14.7 Å². The molecule has 0 unspecified atom stereocenters. The molecule has 0 radical (unpaired) electrons. The maximum atomic E-state index is 10.8. The number of carbonyl (C=O) groups is 2. The van der Waals surface area contributed by atoms with Gasteiger partial charge in [0.1, 0.15) is 11.9 Å². The van der Waals surface area contributed by atoms with Crippen LogP contribution in [-0.2, 0) is 9.59 Å². The zero-order chi connectivity index (χ0) is 10.3. The largest absolute Gasteiger partial charge is 0.480 e. The van der Waals surface area contributed by atoms with Crippen LogP contribution < -0.4 is 5.32 Å². The minimum atomic E-state index is -1.02. The number of carboxylic acid groups (broad SMARTS) is 1. The van der Waals surface area contributed by atoms with Crippen LogP contribution in [0.5, 0.6) is 0 Å². The highest BCUT2D eigenvalue weighted by molar-refractivity contribution is 7.98. The summed E-state index contributed by atoms with van der Waals surface area (Å²) in [5.74, 6) is -0.981. The fourth-order valence-electron chi connectivity index (χ4n) is 0.726. The molecule has 0 saturated carbocycles. The molecule has 13 heavy (non-hydrogen) atoms. The first kappa shape index (κ1) is 12.6. The standard InChI is InChI=1S/C7H12ClNO3S/c1-13-3-2-5(7(11)12)9-6(10)4-8/h5H,2-4H2,1H3,(H,9,10)(H,11,12)/t5-/m0/s1. The third-order valence-corrected chi connectivity index (χ3v) is 2.25. The predicted octanol–water partition coefficient (Wildman–Crippen LogP) is 0.548. The van der Waals surface area contributed by atoms with Crippen LogP contribution in [0.25, 0.3) is 0 Å². The van der Waals surface area contributed by atoms with Gasteiger partial charge in [-0.05, 0) is 18.4 Å². The summed E-state index contributed by atoms with van der Waals surface area (Å²) < 4.78 is 0. The summed E-state index contributed by atoms with van der Waals surface area (Å²) in [5, 5.41) is 11.0. The second-order valence-electron chi connectivity index (χ2n) is 2.37. The van der Waals surface area contributed by atoms with E-state index in [1.807, 2.05) is 6.26 Å². The fourth-order valence-corrected chi connectivity index (χ4v) is 1.27. The van der Waals surface area contributed by atoms with Gasteiger partial charge in [0, 0.05) is 0 Å². The van der Waals surface area contributed by atoms with E-state index in [1.165, 1.54) is 11.8 Å². The van der Waals surface area contributed by atoms with Crippen molar-refractivity contribution in [2.75, 3.05) is 17.9 Å². The number of nitrogens with one attached hydrogen (secondary N) is 1. The minimum Gasteiger partial charge on any atom is -0.480 e. The Labute approximate surface area is 86.0 Å². The summed E-state index contributed by atoms with van der Waals surface area (Å²) in [7, 11) is 0. The lowest BCUT2D eigenvalue weighted by atomic mass is 10.2. The van der Waals surface area contributed by atoms with E-state index in [0.717, 1.165) is 0 Å². The summed E-state index contributed by atoms with van der Waals surface area (Å²) in [5.41, 5.74) is 0. The molecule has 4 nitrogen and oxygen atoms in total. The van der Waals surface area contributed by atoms with E-state index in [-0.39, 0.29) is 5.88 Å². The lowest BCUT2D eigenvalue weighted by Gasteiger charge is -2.12. The van der Waals surface area contributed by atoms with Crippen molar-refractivity contribution in [1.29, 1.82) is 0 Å². The van der Waals surface area contributed by atoms with Gasteiger partial charge >= 0.3 is 5.97 Å². The highest BCUT2D eigenvalue weighted by atomic mass is 35.5. The Kier molecular flexibility index (Phi) is 6.80. The number of hydrogen-bond donors (Lipinski definition) is 2. The van der Waals surface area contributed by atoms with Crippen LogP contribution in [-0.4, -0.2) is 40.9 Å². The Morgan fingerprint density at radius 3 is 2.62 bits per heavy atom. The molecular formula is C7H12ClNO3S. The van der Waals surface area contributed by atoms with Crippen LogP contribution in [0.3, 0.4) is 0 Å². The number of hydrogen-bond acceptors (Lipinski definition) is 3. The molecule has 0 spiro atoms. The van der Waals surface area contributed by atoms with E-state index in [9.17, 15) is 9.59 Å². The van der Waals surface area contributed by atoms with Gasteiger partial charge in [0.05, 0.1) is 0 Å². The first-order valence-electron chi connectivity index (χ1n) is 3.69. The van der Waals surface area contributed by atoms with E-state index in [0.29, 0.717) is 12.2 Å². The molecule has 0 bridgehead atoms. The van der Waals surface area contributed by atoms with Gasteiger partial charge in [-0.15, -0.1) is 11.6 Å². The Balaban J connectivity index is 3.94. The Bertz CT molecular complexity index is 189. The molecule has 76 valence electrons. The van der Waals surface area contributed by atoms with Crippen LogP contribution in [0.4, 0.5) is 0 Å². The second kappa shape index (κ2) is 7.03. The number of rotatable bonds is 6. The summed E-state index contributed by atoms with van der Waals surface area (Å²) in [6.07, 6.45) is 2.29. The van der Waals surface area contributed by atoms with E-state index < -0.39 is 17.9 Å². The third kappa shape index (κ3) is 5.76. The summed E-state index contributed by atoms with van der Waals surface area (Å²) >= 11 is 6.76. The lowest BCUT2D eigenvalue weighted by molar-refractivity contribution is -0.141. The molecule has 1 atom stereocenters. The molecule has 0 aliphatic heterocycles. The number of aliphatic carboxylic acids is 1. The van der Waals surface area contributed by atoms with Gasteiger partial charge in [0.15, 0.2) is 0 Å². The molecule has 0 aromatic carbocycles. The molecule has 0 rings (SSSR count). The lowest BCUT2D eigenvalue weighted by Crippen LogP contribution is -2.41. The quantitative estimate of drug-likeness (QED) is 0.648. The van der Waals surface area contributed by atoms with Crippen molar-refractivity contribution in [3.8, 4) is 0 Å². The van der Waals surface area contributed by atoms with Gasteiger partial charge < -0.3 is 10.4 Å². The van der Waals surface area contributed by atoms with Crippen molar-refractivity contribution in [3.63, 3.8) is 0 Å². The van der Waals surface area contributed by atoms with Gasteiger partial charge in [-0.3, -0.25) is 4.79 Å². The number of halogens is 1. The van der Waals surface area contributed by atoms with Crippen LogP contribution >= 0.6 is 23.4 Å². The maximum absolute atomic E-state index is 10.8. The molecule has 0 saturated heterocycles. The molecular weight excluding hydrogens is 214 g/mol. The average molecular weight is 226 g/mol. The molecule has 0 aromatic rings. The number of alkyl halides is 1. The molecule has 0 fully saturated rings. The summed E-state index contributed by atoms with van der Waals surface area (Å²) in [4.78, 5) is 21.4. The van der Waals surface area contributed by atoms with E-state index >= 15 is 0 Å². The topological polar surface area (TPSA) is 66.4 Å². The predicted molar refractivity (Wildman–Crippen MR) is 53.3 cm³/mol. The van der Waals surface area contributed by atoms with Crippen LogP contribution in [0.2, 0.25) is 0 Å². The third-order valence-electron chi connectivity index (χ3n) is 1.37. The van der Waals surface area contributed by atoms with Crippen LogP contribution in [0.1, 0.15) is 6.42 Å². The highest BCUT2D eigenvalue weighted by Crippen LogP contribution is 2.00. The molecule has 2 N–H and O–H groups in total. The Hall–Kier alpha value is -0.420. The van der Waals surface area contributed by atoms with Gasteiger partial charge in [-0.25, -0.2) is 4.79 Å². The van der Waals surface area contributed by atoms with Crippen molar-refractivity contribution in [2.24, 2.45) is 0 Å². The smallest absolute Gasteiger partial charge is 0.326 e. The normalized spacial score (nSPS) is 12.2. The van der Waals surface area contributed by atoms with Gasteiger partial charge in [0.2, 0.25) is 5.91 Å². The molecule has 0 aliphatic carbocycles. The van der Waals surface area contributed by atoms with Crippen molar-refractivity contribution >= 4 is 35.2 Å². The zero-order valence-electron chi connectivity index (χ0n) is 7.25. The average Bonchev–Trinajstić information content (AvgIpc) is 2.11. The van der Waals surface area contributed by atoms with Crippen LogP contribution in [0.15, 0.2) is 0 Å². The Morgan fingerprint density at radius 1 is 1.62 bits per heavy atom. The zero-order valence-corrected chi connectivity index (χ0v) is 8.82. The highest BCUT2D eigenvalue weighted by Gasteiger charge is 2.18. The van der Waals surface area contributed by atoms with Gasteiger partial charge in [-0.2, -0.15) is 11.8 Å². The molecule has 6 heteroatoms. The number of thioether (sulfide) groups is 1. The molecule has 1 amide bonds. The number of carbonyl (C=O) groups excluding carboxylic acids is 1. The number of amides is 1. The minimum absolute atomic E-state index is 0.205.